The summed E-state index contributed by atoms with van der Waals surface area (Å²) in [4.78, 5) is 25.6. The molecule has 2 fully saturated rings. The Balaban J connectivity index is 1.58. The zero-order valence-corrected chi connectivity index (χ0v) is 15.5. The molecule has 4 heteroatoms. The molecule has 4 rings (SSSR count). The van der Waals surface area contributed by atoms with E-state index in [-0.39, 0.29) is 17.5 Å². The highest BCUT2D eigenvalue weighted by Crippen LogP contribution is 2.34. The maximum absolute atomic E-state index is 12.9. The van der Waals surface area contributed by atoms with Crippen molar-refractivity contribution in [3.63, 3.8) is 0 Å². The third kappa shape index (κ3) is 3.42. The summed E-state index contributed by atoms with van der Waals surface area (Å²) in [6.07, 6.45) is 11.6. The van der Waals surface area contributed by atoms with Gasteiger partial charge in [-0.2, -0.15) is 0 Å². The van der Waals surface area contributed by atoms with Crippen LogP contribution in [0.2, 0.25) is 0 Å². The van der Waals surface area contributed by atoms with Crippen molar-refractivity contribution in [3.05, 3.63) is 46.4 Å². The number of nitrogens with one attached hydrogen (secondary N) is 1. The number of aromatic nitrogens is 1. The summed E-state index contributed by atoms with van der Waals surface area (Å²) in [7, 11) is 0. The summed E-state index contributed by atoms with van der Waals surface area (Å²) in [5.41, 5.74) is 0.638. The molecule has 1 unspecified atom stereocenters. The van der Waals surface area contributed by atoms with E-state index < -0.39 is 0 Å². The SMILES string of the molecule is CC(NC(=O)c1cccc2c(=O)n(C3CC3)ccc12)C1CCCCCC1. The van der Waals surface area contributed by atoms with E-state index >= 15 is 0 Å². The van der Waals surface area contributed by atoms with Crippen LogP contribution in [0.3, 0.4) is 0 Å². The Morgan fingerprint density at radius 1 is 1.04 bits per heavy atom. The van der Waals surface area contributed by atoms with Gasteiger partial charge in [0.05, 0.1) is 0 Å². The largest absolute Gasteiger partial charge is 0.349 e. The van der Waals surface area contributed by atoms with Crippen LogP contribution < -0.4 is 10.9 Å². The molecule has 1 aromatic carbocycles. The number of amides is 1. The fourth-order valence-corrected chi connectivity index (χ4v) is 4.34. The summed E-state index contributed by atoms with van der Waals surface area (Å²) >= 11 is 0. The zero-order chi connectivity index (χ0) is 18.1. The smallest absolute Gasteiger partial charge is 0.258 e. The summed E-state index contributed by atoms with van der Waals surface area (Å²) in [6, 6.07) is 7.94. The van der Waals surface area contributed by atoms with Crippen molar-refractivity contribution in [2.24, 2.45) is 5.92 Å². The Morgan fingerprint density at radius 2 is 1.77 bits per heavy atom. The van der Waals surface area contributed by atoms with E-state index in [1.165, 1.54) is 38.5 Å². The number of carbonyl (C=O) groups excluding carboxylic acids is 1. The van der Waals surface area contributed by atoms with Gasteiger partial charge in [-0.05, 0) is 56.7 Å². The Kier molecular flexibility index (Phi) is 4.84. The third-order valence-corrected chi connectivity index (χ3v) is 6.12. The van der Waals surface area contributed by atoms with Crippen molar-refractivity contribution < 1.29 is 4.79 Å². The number of hydrogen-bond donors (Lipinski definition) is 1. The first-order valence-electron chi connectivity index (χ1n) is 10.1. The number of fused-ring (bicyclic) bond motifs is 1. The monoisotopic (exact) mass is 352 g/mol. The van der Waals surface area contributed by atoms with Crippen LogP contribution in [-0.2, 0) is 0 Å². The van der Waals surface area contributed by atoms with Crippen molar-refractivity contribution in [1.29, 1.82) is 0 Å². The molecule has 0 bridgehead atoms. The second-order valence-corrected chi connectivity index (χ2v) is 8.04. The Hall–Kier alpha value is -2.10. The quantitative estimate of drug-likeness (QED) is 0.828. The molecule has 1 N–H and O–H groups in total. The molecule has 1 amide bonds. The van der Waals surface area contributed by atoms with Gasteiger partial charge in [-0.25, -0.2) is 0 Å². The molecule has 1 atom stereocenters. The maximum atomic E-state index is 12.9. The van der Waals surface area contributed by atoms with Crippen LogP contribution in [0.4, 0.5) is 0 Å². The minimum atomic E-state index is -0.0593. The summed E-state index contributed by atoms with van der Waals surface area (Å²) in [6.45, 7) is 2.12. The summed E-state index contributed by atoms with van der Waals surface area (Å²) in [5, 5.41) is 4.62. The number of nitrogens with zero attached hydrogens (tertiary/aromatic N) is 1. The van der Waals surface area contributed by atoms with Crippen LogP contribution in [0.15, 0.2) is 35.3 Å². The molecular weight excluding hydrogens is 324 g/mol. The molecule has 2 aliphatic carbocycles. The maximum Gasteiger partial charge on any atom is 0.258 e. The highest BCUT2D eigenvalue weighted by Gasteiger charge is 2.26. The van der Waals surface area contributed by atoms with E-state index in [1.807, 2.05) is 35.0 Å². The zero-order valence-electron chi connectivity index (χ0n) is 15.5. The van der Waals surface area contributed by atoms with Gasteiger partial charge >= 0.3 is 0 Å². The number of benzene rings is 1. The lowest BCUT2D eigenvalue weighted by Crippen LogP contribution is -2.38. The van der Waals surface area contributed by atoms with E-state index in [0.717, 1.165) is 18.2 Å². The molecule has 2 saturated carbocycles. The highest BCUT2D eigenvalue weighted by molar-refractivity contribution is 6.06. The normalized spacial score (nSPS) is 19.9. The third-order valence-electron chi connectivity index (χ3n) is 6.12. The van der Waals surface area contributed by atoms with E-state index in [0.29, 0.717) is 22.9 Å². The van der Waals surface area contributed by atoms with Crippen LogP contribution in [0.25, 0.3) is 10.8 Å². The lowest BCUT2D eigenvalue weighted by Gasteiger charge is -2.24. The van der Waals surface area contributed by atoms with Crippen LogP contribution in [0.1, 0.15) is 74.7 Å². The second kappa shape index (κ2) is 7.26. The standard InChI is InChI=1S/C22H28N2O2/c1-15(16-7-4-2-3-5-8-16)23-21(25)19-9-6-10-20-18(19)13-14-24(22(20)26)17-11-12-17/h6,9-10,13-17H,2-5,7-8,11-12H2,1H3,(H,23,25). The number of rotatable bonds is 4. The minimum absolute atomic E-state index is 0.0245. The fraction of sp³-hybridized carbons (Fsp3) is 0.545. The molecule has 1 aromatic heterocycles. The molecule has 138 valence electrons. The van der Waals surface area contributed by atoms with Gasteiger partial charge in [0.15, 0.2) is 0 Å². The van der Waals surface area contributed by atoms with Gasteiger partial charge in [0.2, 0.25) is 0 Å². The van der Waals surface area contributed by atoms with Crippen LogP contribution in [0.5, 0.6) is 0 Å². The molecule has 2 aliphatic rings. The van der Waals surface area contributed by atoms with Gasteiger partial charge in [-0.1, -0.05) is 31.7 Å². The van der Waals surface area contributed by atoms with Crippen molar-refractivity contribution in [2.45, 2.75) is 70.4 Å². The molecule has 4 nitrogen and oxygen atoms in total. The lowest BCUT2D eigenvalue weighted by atomic mass is 9.92. The molecule has 0 aliphatic heterocycles. The first-order chi connectivity index (χ1) is 12.6. The van der Waals surface area contributed by atoms with Crippen LogP contribution >= 0.6 is 0 Å². The Bertz CT molecular complexity index is 858. The first kappa shape index (κ1) is 17.3. The van der Waals surface area contributed by atoms with Gasteiger partial charge in [-0.15, -0.1) is 0 Å². The van der Waals surface area contributed by atoms with Crippen molar-refractivity contribution in [2.75, 3.05) is 0 Å². The molecule has 2 aromatic rings. The van der Waals surface area contributed by atoms with Gasteiger partial charge < -0.3 is 9.88 Å². The topological polar surface area (TPSA) is 51.1 Å². The van der Waals surface area contributed by atoms with E-state index in [4.69, 9.17) is 0 Å². The second-order valence-electron chi connectivity index (χ2n) is 8.04. The average molecular weight is 352 g/mol. The molecule has 0 saturated heterocycles. The summed E-state index contributed by atoms with van der Waals surface area (Å²) in [5.74, 6) is 0.499. The van der Waals surface area contributed by atoms with Crippen LogP contribution in [0, 0.1) is 5.92 Å². The molecule has 0 radical (unpaired) electrons. The van der Waals surface area contributed by atoms with Crippen molar-refractivity contribution >= 4 is 16.7 Å². The fourth-order valence-electron chi connectivity index (χ4n) is 4.34. The number of hydrogen-bond acceptors (Lipinski definition) is 2. The average Bonchev–Trinajstić information content (AvgIpc) is 3.48. The Labute approximate surface area is 154 Å². The number of pyridine rings is 1. The number of carbonyl (C=O) groups is 1. The molecule has 26 heavy (non-hydrogen) atoms. The van der Waals surface area contributed by atoms with Crippen LogP contribution in [-0.4, -0.2) is 16.5 Å². The van der Waals surface area contributed by atoms with E-state index in [2.05, 4.69) is 12.2 Å². The van der Waals surface area contributed by atoms with Gasteiger partial charge in [0, 0.05) is 34.6 Å². The predicted molar refractivity (Wildman–Crippen MR) is 105 cm³/mol. The lowest BCUT2D eigenvalue weighted by molar-refractivity contribution is 0.0925. The van der Waals surface area contributed by atoms with Gasteiger partial charge in [-0.3, -0.25) is 9.59 Å². The minimum Gasteiger partial charge on any atom is -0.349 e. The molecular formula is C22H28N2O2. The van der Waals surface area contributed by atoms with Crippen molar-refractivity contribution in [3.8, 4) is 0 Å². The highest BCUT2D eigenvalue weighted by atomic mass is 16.1. The molecule has 0 spiro atoms. The molecule has 1 heterocycles. The summed E-state index contributed by atoms with van der Waals surface area (Å²) < 4.78 is 1.82. The first-order valence-corrected chi connectivity index (χ1v) is 10.1. The van der Waals surface area contributed by atoms with E-state index in [1.54, 1.807) is 0 Å². The van der Waals surface area contributed by atoms with Gasteiger partial charge in [0.25, 0.3) is 11.5 Å². The Morgan fingerprint density at radius 3 is 2.46 bits per heavy atom. The van der Waals surface area contributed by atoms with Gasteiger partial charge in [0.1, 0.15) is 0 Å². The predicted octanol–water partition coefficient (Wildman–Crippen LogP) is 4.43. The van der Waals surface area contributed by atoms with E-state index in [9.17, 15) is 9.59 Å². The van der Waals surface area contributed by atoms with Crippen molar-refractivity contribution in [1.82, 2.24) is 9.88 Å².